The molecule has 1 aliphatic rings. The summed E-state index contributed by atoms with van der Waals surface area (Å²) in [4.78, 5) is 0. The second kappa shape index (κ2) is 6.80. The van der Waals surface area contributed by atoms with Crippen molar-refractivity contribution in [2.75, 3.05) is 7.11 Å². The van der Waals surface area contributed by atoms with Crippen molar-refractivity contribution in [3.05, 3.63) is 23.8 Å². The summed E-state index contributed by atoms with van der Waals surface area (Å²) in [5.41, 5.74) is 1.25. The summed E-state index contributed by atoms with van der Waals surface area (Å²) in [6.07, 6.45) is 5.05. The van der Waals surface area contributed by atoms with E-state index in [1.54, 1.807) is 7.11 Å². The zero-order valence-electron chi connectivity index (χ0n) is 12.2. The second-order valence-corrected chi connectivity index (χ2v) is 5.36. The highest BCUT2D eigenvalue weighted by atomic mass is 16.5. The highest BCUT2D eigenvalue weighted by molar-refractivity contribution is 5.43. The minimum Gasteiger partial charge on any atom is -0.493 e. The normalized spacial score (nSPS) is 16.2. The molecule has 1 aliphatic carbocycles. The van der Waals surface area contributed by atoms with Crippen LogP contribution in [0.4, 0.5) is 0 Å². The van der Waals surface area contributed by atoms with Gasteiger partial charge in [0, 0.05) is 12.6 Å². The van der Waals surface area contributed by atoms with Crippen LogP contribution in [0.5, 0.6) is 11.5 Å². The first-order chi connectivity index (χ1) is 9.22. The van der Waals surface area contributed by atoms with Crippen LogP contribution in [0, 0.1) is 0 Å². The third-order valence-electron chi connectivity index (χ3n) is 3.42. The van der Waals surface area contributed by atoms with Crippen LogP contribution in [0.1, 0.15) is 45.1 Å². The SMILES string of the molecule is CCCC(C)Oc1ccc(CNC2CC2)cc1OC. The molecule has 1 saturated carbocycles. The van der Waals surface area contributed by atoms with E-state index in [4.69, 9.17) is 9.47 Å². The van der Waals surface area contributed by atoms with Crippen molar-refractivity contribution < 1.29 is 9.47 Å². The molecule has 2 rings (SSSR count). The van der Waals surface area contributed by atoms with Gasteiger partial charge in [0.15, 0.2) is 11.5 Å². The summed E-state index contributed by atoms with van der Waals surface area (Å²) in [7, 11) is 1.70. The topological polar surface area (TPSA) is 30.5 Å². The average Bonchev–Trinajstić information content (AvgIpc) is 3.22. The zero-order valence-corrected chi connectivity index (χ0v) is 12.2. The van der Waals surface area contributed by atoms with Gasteiger partial charge in [-0.05, 0) is 43.9 Å². The van der Waals surface area contributed by atoms with Crippen LogP contribution in [-0.4, -0.2) is 19.3 Å². The molecule has 1 unspecified atom stereocenters. The summed E-state index contributed by atoms with van der Waals surface area (Å²) < 4.78 is 11.4. The number of hydrogen-bond donors (Lipinski definition) is 1. The van der Waals surface area contributed by atoms with Crippen LogP contribution in [0.25, 0.3) is 0 Å². The first-order valence-electron chi connectivity index (χ1n) is 7.30. The van der Waals surface area contributed by atoms with Gasteiger partial charge < -0.3 is 14.8 Å². The van der Waals surface area contributed by atoms with E-state index in [9.17, 15) is 0 Å². The van der Waals surface area contributed by atoms with E-state index >= 15 is 0 Å². The Morgan fingerprint density at radius 3 is 2.74 bits per heavy atom. The third kappa shape index (κ3) is 4.43. The van der Waals surface area contributed by atoms with Crippen molar-refractivity contribution in [1.29, 1.82) is 0 Å². The molecule has 1 fully saturated rings. The minimum atomic E-state index is 0.231. The lowest BCUT2D eigenvalue weighted by atomic mass is 10.2. The maximum atomic E-state index is 5.92. The average molecular weight is 263 g/mol. The molecule has 1 N–H and O–H groups in total. The van der Waals surface area contributed by atoms with Gasteiger partial charge in [-0.2, -0.15) is 0 Å². The summed E-state index contributed by atoms with van der Waals surface area (Å²) in [5, 5.41) is 3.51. The number of rotatable bonds is 8. The molecule has 0 amide bonds. The van der Waals surface area contributed by atoms with Crippen LogP contribution in [0.3, 0.4) is 0 Å². The largest absolute Gasteiger partial charge is 0.493 e. The van der Waals surface area contributed by atoms with Gasteiger partial charge in [-0.15, -0.1) is 0 Å². The molecule has 1 aromatic carbocycles. The van der Waals surface area contributed by atoms with E-state index in [2.05, 4.69) is 31.3 Å². The lowest BCUT2D eigenvalue weighted by molar-refractivity contribution is 0.201. The van der Waals surface area contributed by atoms with Gasteiger partial charge in [0.1, 0.15) is 0 Å². The molecule has 106 valence electrons. The van der Waals surface area contributed by atoms with Gasteiger partial charge in [0.05, 0.1) is 13.2 Å². The standard InChI is InChI=1S/C16H25NO2/c1-4-5-12(2)19-15-9-6-13(10-16(15)18-3)11-17-14-7-8-14/h6,9-10,12,14,17H,4-5,7-8,11H2,1-3H3. The Labute approximate surface area is 116 Å². The molecule has 0 saturated heterocycles. The molecule has 3 heteroatoms. The molecule has 0 aliphatic heterocycles. The van der Waals surface area contributed by atoms with Crippen molar-refractivity contribution in [2.45, 2.75) is 58.2 Å². The predicted molar refractivity (Wildman–Crippen MR) is 77.9 cm³/mol. The smallest absolute Gasteiger partial charge is 0.161 e. The molecular formula is C16H25NO2. The summed E-state index contributed by atoms with van der Waals surface area (Å²) in [6.45, 7) is 5.18. The van der Waals surface area contributed by atoms with Crippen LogP contribution >= 0.6 is 0 Å². The van der Waals surface area contributed by atoms with Crippen molar-refractivity contribution in [2.24, 2.45) is 0 Å². The van der Waals surface area contributed by atoms with Crippen LogP contribution < -0.4 is 14.8 Å². The van der Waals surface area contributed by atoms with Crippen molar-refractivity contribution in [1.82, 2.24) is 5.32 Å². The monoisotopic (exact) mass is 263 g/mol. The molecule has 1 atom stereocenters. The molecule has 0 spiro atoms. The van der Waals surface area contributed by atoms with Gasteiger partial charge in [-0.25, -0.2) is 0 Å². The molecule has 0 aromatic heterocycles. The molecule has 1 aromatic rings. The van der Waals surface area contributed by atoms with Crippen molar-refractivity contribution in [3.8, 4) is 11.5 Å². The number of hydrogen-bond acceptors (Lipinski definition) is 3. The Bertz CT molecular complexity index is 402. The fourth-order valence-electron chi connectivity index (χ4n) is 2.15. The number of ether oxygens (including phenoxy) is 2. The van der Waals surface area contributed by atoms with E-state index in [1.807, 2.05) is 6.07 Å². The second-order valence-electron chi connectivity index (χ2n) is 5.36. The Morgan fingerprint density at radius 1 is 1.32 bits per heavy atom. The lowest BCUT2D eigenvalue weighted by Gasteiger charge is -2.17. The quantitative estimate of drug-likeness (QED) is 0.778. The lowest BCUT2D eigenvalue weighted by Crippen LogP contribution is -2.15. The molecule has 19 heavy (non-hydrogen) atoms. The maximum absolute atomic E-state index is 5.92. The van der Waals surface area contributed by atoms with Gasteiger partial charge in [0.25, 0.3) is 0 Å². The Balaban J connectivity index is 1.97. The molecule has 0 heterocycles. The van der Waals surface area contributed by atoms with Crippen LogP contribution in [-0.2, 0) is 6.54 Å². The van der Waals surface area contributed by atoms with Crippen molar-refractivity contribution >= 4 is 0 Å². The van der Waals surface area contributed by atoms with E-state index in [0.29, 0.717) is 0 Å². The zero-order chi connectivity index (χ0) is 13.7. The van der Waals surface area contributed by atoms with Gasteiger partial charge >= 0.3 is 0 Å². The minimum absolute atomic E-state index is 0.231. The number of benzene rings is 1. The van der Waals surface area contributed by atoms with Gasteiger partial charge in [-0.3, -0.25) is 0 Å². The maximum Gasteiger partial charge on any atom is 0.161 e. The van der Waals surface area contributed by atoms with Gasteiger partial charge in [-0.1, -0.05) is 19.4 Å². The highest BCUT2D eigenvalue weighted by Crippen LogP contribution is 2.30. The van der Waals surface area contributed by atoms with Crippen LogP contribution in [0.2, 0.25) is 0 Å². The molecule has 0 bridgehead atoms. The Morgan fingerprint density at radius 2 is 2.11 bits per heavy atom. The Kier molecular flexibility index (Phi) is 5.08. The van der Waals surface area contributed by atoms with E-state index in [1.165, 1.54) is 18.4 Å². The fourth-order valence-corrected chi connectivity index (χ4v) is 2.15. The highest BCUT2D eigenvalue weighted by Gasteiger charge is 2.20. The summed E-state index contributed by atoms with van der Waals surface area (Å²) >= 11 is 0. The Hall–Kier alpha value is -1.22. The molecule has 3 nitrogen and oxygen atoms in total. The number of methoxy groups -OCH3 is 1. The summed E-state index contributed by atoms with van der Waals surface area (Å²) in [6, 6.07) is 6.94. The molecular weight excluding hydrogens is 238 g/mol. The first-order valence-corrected chi connectivity index (χ1v) is 7.30. The van der Waals surface area contributed by atoms with Gasteiger partial charge in [0.2, 0.25) is 0 Å². The van der Waals surface area contributed by atoms with E-state index in [0.717, 1.165) is 36.9 Å². The van der Waals surface area contributed by atoms with Crippen molar-refractivity contribution in [3.63, 3.8) is 0 Å². The number of nitrogens with one attached hydrogen (secondary N) is 1. The third-order valence-corrected chi connectivity index (χ3v) is 3.42. The molecule has 0 radical (unpaired) electrons. The summed E-state index contributed by atoms with van der Waals surface area (Å²) in [5.74, 6) is 1.68. The van der Waals surface area contributed by atoms with E-state index < -0.39 is 0 Å². The first kappa shape index (κ1) is 14.2. The fraction of sp³-hybridized carbons (Fsp3) is 0.625. The predicted octanol–water partition coefficient (Wildman–Crippen LogP) is 3.51. The van der Waals surface area contributed by atoms with Crippen LogP contribution in [0.15, 0.2) is 18.2 Å². The van der Waals surface area contributed by atoms with E-state index in [-0.39, 0.29) is 6.10 Å².